The number of carbonyl (C=O) groups excluding carboxylic acids is 2. The van der Waals surface area contributed by atoms with E-state index in [1.165, 1.54) is 12.1 Å². The van der Waals surface area contributed by atoms with Crippen LogP contribution in [-0.4, -0.2) is 65.3 Å². The molecule has 28 heavy (non-hydrogen) atoms. The topological polar surface area (TPSA) is 95.8 Å². The fourth-order valence-corrected chi connectivity index (χ4v) is 3.81. The second kappa shape index (κ2) is 8.74. The summed E-state index contributed by atoms with van der Waals surface area (Å²) in [5, 5.41) is 14.3. The summed E-state index contributed by atoms with van der Waals surface area (Å²) < 4.78 is 0. The van der Waals surface area contributed by atoms with Gasteiger partial charge in [-0.3, -0.25) is 19.7 Å². The SMILES string of the molecule is C=C(C(=O)N1CCN(C(=O)C2CCCCN2)CC1)c1ccc(S)c([N+](=O)[O-])c1. The van der Waals surface area contributed by atoms with Crippen LogP contribution >= 0.6 is 12.6 Å². The summed E-state index contributed by atoms with van der Waals surface area (Å²) in [6.07, 6.45) is 3.01. The molecule has 2 aliphatic rings. The Morgan fingerprint density at radius 2 is 1.86 bits per heavy atom. The van der Waals surface area contributed by atoms with Crippen molar-refractivity contribution in [1.29, 1.82) is 0 Å². The second-order valence-corrected chi connectivity index (χ2v) is 7.54. The van der Waals surface area contributed by atoms with Crippen LogP contribution in [0.25, 0.3) is 5.57 Å². The van der Waals surface area contributed by atoms with E-state index in [9.17, 15) is 19.7 Å². The molecule has 0 aliphatic carbocycles. The van der Waals surface area contributed by atoms with Gasteiger partial charge in [-0.05, 0) is 31.0 Å². The third-order valence-electron chi connectivity index (χ3n) is 5.27. The maximum atomic E-state index is 12.8. The third-order valence-corrected chi connectivity index (χ3v) is 5.64. The van der Waals surface area contributed by atoms with Gasteiger partial charge in [-0.15, -0.1) is 12.6 Å². The molecule has 8 nitrogen and oxygen atoms in total. The van der Waals surface area contributed by atoms with Crippen LogP contribution in [0.4, 0.5) is 5.69 Å². The van der Waals surface area contributed by atoms with Crippen molar-refractivity contribution in [3.63, 3.8) is 0 Å². The van der Waals surface area contributed by atoms with Gasteiger partial charge in [0.05, 0.1) is 15.9 Å². The maximum Gasteiger partial charge on any atom is 0.283 e. The van der Waals surface area contributed by atoms with Crippen molar-refractivity contribution >= 4 is 35.7 Å². The van der Waals surface area contributed by atoms with Crippen LogP contribution < -0.4 is 5.32 Å². The number of nitro benzene ring substituents is 1. The van der Waals surface area contributed by atoms with Crippen LogP contribution in [0.15, 0.2) is 29.7 Å². The average molecular weight is 404 g/mol. The summed E-state index contributed by atoms with van der Waals surface area (Å²) in [4.78, 5) is 39.6. The Bertz CT molecular complexity index is 799. The summed E-state index contributed by atoms with van der Waals surface area (Å²) in [7, 11) is 0. The predicted molar refractivity (Wildman–Crippen MR) is 108 cm³/mol. The van der Waals surface area contributed by atoms with Gasteiger partial charge in [0.25, 0.3) is 11.6 Å². The highest BCUT2D eigenvalue weighted by atomic mass is 32.1. The minimum absolute atomic E-state index is 0.102. The average Bonchev–Trinajstić information content (AvgIpc) is 2.73. The highest BCUT2D eigenvalue weighted by Crippen LogP contribution is 2.27. The Morgan fingerprint density at radius 3 is 2.46 bits per heavy atom. The van der Waals surface area contributed by atoms with Crippen molar-refractivity contribution in [1.82, 2.24) is 15.1 Å². The fourth-order valence-electron chi connectivity index (χ4n) is 3.58. The molecule has 2 saturated heterocycles. The number of piperazine rings is 1. The minimum atomic E-state index is -0.534. The van der Waals surface area contributed by atoms with Gasteiger partial charge in [-0.25, -0.2) is 0 Å². The number of rotatable bonds is 4. The molecule has 3 rings (SSSR count). The van der Waals surface area contributed by atoms with Crippen LogP contribution in [0.5, 0.6) is 0 Å². The van der Waals surface area contributed by atoms with Crippen molar-refractivity contribution in [2.45, 2.75) is 30.2 Å². The summed E-state index contributed by atoms with van der Waals surface area (Å²) in [5.74, 6) is -0.172. The zero-order chi connectivity index (χ0) is 20.3. The Hall–Kier alpha value is -2.39. The zero-order valence-corrected chi connectivity index (χ0v) is 16.5. The van der Waals surface area contributed by atoms with Crippen LogP contribution in [-0.2, 0) is 9.59 Å². The van der Waals surface area contributed by atoms with Crippen molar-refractivity contribution in [2.24, 2.45) is 0 Å². The lowest BCUT2D eigenvalue weighted by Gasteiger charge is -2.37. The molecule has 9 heteroatoms. The molecule has 2 aliphatic heterocycles. The molecule has 150 valence electrons. The van der Waals surface area contributed by atoms with Crippen molar-refractivity contribution < 1.29 is 14.5 Å². The summed E-state index contributed by atoms with van der Waals surface area (Å²) in [5.41, 5.74) is 0.440. The number of thiol groups is 1. The first-order valence-electron chi connectivity index (χ1n) is 9.36. The number of piperidine rings is 1. The van der Waals surface area contributed by atoms with E-state index < -0.39 is 4.92 Å². The van der Waals surface area contributed by atoms with Gasteiger partial charge in [0.15, 0.2) is 0 Å². The molecule has 2 heterocycles. The van der Waals surface area contributed by atoms with E-state index in [2.05, 4.69) is 24.5 Å². The zero-order valence-electron chi connectivity index (χ0n) is 15.6. The van der Waals surface area contributed by atoms with Crippen molar-refractivity contribution in [3.8, 4) is 0 Å². The predicted octanol–water partition coefficient (Wildman–Crippen LogP) is 1.71. The number of carbonyl (C=O) groups is 2. The Labute approximate surface area is 169 Å². The van der Waals surface area contributed by atoms with E-state index in [0.29, 0.717) is 31.7 Å². The maximum absolute atomic E-state index is 12.8. The van der Waals surface area contributed by atoms with Crippen LogP contribution in [0, 0.1) is 10.1 Å². The number of hydrogen-bond acceptors (Lipinski definition) is 6. The summed E-state index contributed by atoms with van der Waals surface area (Å²) in [6, 6.07) is 4.29. The first-order valence-corrected chi connectivity index (χ1v) is 9.81. The number of amides is 2. The van der Waals surface area contributed by atoms with E-state index in [1.54, 1.807) is 15.9 Å². The summed E-state index contributed by atoms with van der Waals surface area (Å²) >= 11 is 4.07. The lowest BCUT2D eigenvalue weighted by atomic mass is 10.0. The normalized spacial score (nSPS) is 20.0. The van der Waals surface area contributed by atoms with Gasteiger partial charge in [-0.2, -0.15) is 0 Å². The van der Waals surface area contributed by atoms with E-state index in [1.807, 2.05) is 0 Å². The van der Waals surface area contributed by atoms with Gasteiger partial charge < -0.3 is 15.1 Å². The Morgan fingerprint density at radius 1 is 1.18 bits per heavy atom. The molecule has 0 aromatic heterocycles. The Balaban J connectivity index is 1.60. The molecular formula is C19H24N4O4S. The lowest BCUT2D eigenvalue weighted by molar-refractivity contribution is -0.387. The molecular weight excluding hydrogens is 380 g/mol. The largest absolute Gasteiger partial charge is 0.338 e. The first-order chi connectivity index (χ1) is 13.4. The van der Waals surface area contributed by atoms with E-state index in [4.69, 9.17) is 0 Å². The quantitative estimate of drug-likeness (QED) is 0.345. The second-order valence-electron chi connectivity index (χ2n) is 7.06. The molecule has 0 bridgehead atoms. The molecule has 1 atom stereocenters. The molecule has 0 spiro atoms. The molecule has 1 unspecified atom stereocenters. The van der Waals surface area contributed by atoms with Gasteiger partial charge >= 0.3 is 0 Å². The van der Waals surface area contributed by atoms with E-state index in [0.717, 1.165) is 25.8 Å². The van der Waals surface area contributed by atoms with Gasteiger partial charge in [-0.1, -0.05) is 19.1 Å². The van der Waals surface area contributed by atoms with E-state index >= 15 is 0 Å². The van der Waals surface area contributed by atoms with Gasteiger partial charge in [0.2, 0.25) is 5.91 Å². The van der Waals surface area contributed by atoms with Gasteiger partial charge in [0, 0.05) is 37.8 Å². The number of hydrogen-bond donors (Lipinski definition) is 2. The molecule has 0 radical (unpaired) electrons. The van der Waals surface area contributed by atoms with Crippen LogP contribution in [0.2, 0.25) is 0 Å². The van der Waals surface area contributed by atoms with E-state index in [-0.39, 0.29) is 34.0 Å². The Kier molecular flexibility index (Phi) is 6.35. The molecule has 1 aromatic carbocycles. The molecule has 1 N–H and O–H groups in total. The van der Waals surface area contributed by atoms with Gasteiger partial charge in [0.1, 0.15) is 0 Å². The third kappa shape index (κ3) is 4.36. The van der Waals surface area contributed by atoms with Crippen molar-refractivity contribution in [2.75, 3.05) is 32.7 Å². The monoisotopic (exact) mass is 404 g/mol. The molecule has 2 fully saturated rings. The number of nitrogens with zero attached hydrogens (tertiary/aromatic N) is 3. The summed E-state index contributed by atoms with van der Waals surface area (Å²) in [6.45, 7) is 6.49. The number of nitro groups is 1. The first kappa shape index (κ1) is 20.3. The molecule has 2 amide bonds. The van der Waals surface area contributed by atoms with Crippen molar-refractivity contribution in [3.05, 3.63) is 40.5 Å². The number of benzene rings is 1. The minimum Gasteiger partial charge on any atom is -0.338 e. The highest BCUT2D eigenvalue weighted by molar-refractivity contribution is 7.80. The fraction of sp³-hybridized carbons (Fsp3) is 0.474. The lowest BCUT2D eigenvalue weighted by Crippen LogP contribution is -2.55. The number of nitrogens with one attached hydrogen (secondary N) is 1. The molecule has 1 aromatic rings. The highest BCUT2D eigenvalue weighted by Gasteiger charge is 2.30. The van der Waals surface area contributed by atoms with Crippen LogP contribution in [0.1, 0.15) is 24.8 Å². The van der Waals surface area contributed by atoms with Crippen LogP contribution in [0.3, 0.4) is 0 Å². The standard InChI is InChI=1S/C19H24N4O4S/c1-13(14-5-6-17(28)16(12-14)23(26)27)18(24)21-8-10-22(11-9-21)19(25)15-4-2-3-7-20-15/h5-6,12,15,20,28H,1-4,7-11H2. The smallest absolute Gasteiger partial charge is 0.283 e. The molecule has 0 saturated carbocycles.